The first kappa shape index (κ1) is 7.55. The Morgan fingerprint density at radius 3 is 3.14 bits per heavy atom. The Balaban J connectivity index is 2.25. The van der Waals surface area contributed by atoms with Crippen LogP contribution in [-0.2, 0) is 11.2 Å². The van der Waals surface area contributed by atoms with Crippen LogP contribution in [-0.4, -0.2) is 22.0 Å². The maximum atomic E-state index is 11.4. The topological polar surface area (TPSA) is 55.2 Å². The molecule has 2 aliphatic rings. The van der Waals surface area contributed by atoms with Crippen LogP contribution in [0.4, 0.5) is 0 Å². The maximum Gasteiger partial charge on any atom is 0.202 e. The van der Waals surface area contributed by atoms with Gasteiger partial charge in [-0.1, -0.05) is 0 Å². The Morgan fingerprint density at radius 1 is 1.29 bits per heavy atom. The van der Waals surface area contributed by atoms with Crippen molar-refractivity contribution in [2.75, 3.05) is 0 Å². The van der Waals surface area contributed by atoms with Crippen LogP contribution in [0.15, 0.2) is 23.1 Å². The highest BCUT2D eigenvalue weighted by Gasteiger charge is 2.26. The van der Waals surface area contributed by atoms with E-state index in [1.807, 2.05) is 0 Å². The lowest BCUT2D eigenvalue weighted by atomic mass is 9.93. The number of aliphatic imine (C=N–C) groups is 1. The third-order valence-corrected chi connectivity index (χ3v) is 2.55. The molecule has 0 N–H and O–H groups in total. The van der Waals surface area contributed by atoms with Gasteiger partial charge in [0.1, 0.15) is 6.33 Å². The number of allylic oxidation sites excluding steroid dienone is 1. The van der Waals surface area contributed by atoms with E-state index >= 15 is 0 Å². The zero-order chi connectivity index (χ0) is 9.54. The molecule has 1 aromatic rings. The molecule has 0 spiro atoms. The molecule has 4 nitrogen and oxygen atoms in total. The predicted molar refractivity (Wildman–Crippen MR) is 50.8 cm³/mol. The summed E-state index contributed by atoms with van der Waals surface area (Å²) in [6.45, 7) is 0. The lowest BCUT2D eigenvalue weighted by Crippen LogP contribution is -2.09. The van der Waals surface area contributed by atoms with Gasteiger partial charge in [-0.05, 0) is 18.4 Å². The zero-order valence-corrected chi connectivity index (χ0v) is 7.40. The molecular formula is C10H7N3O. The molecule has 0 fully saturated rings. The van der Waals surface area contributed by atoms with Gasteiger partial charge in [-0.25, -0.2) is 9.97 Å². The quantitative estimate of drug-likeness (QED) is 0.600. The van der Waals surface area contributed by atoms with E-state index in [0.29, 0.717) is 0 Å². The molecule has 2 heterocycles. The van der Waals surface area contributed by atoms with Gasteiger partial charge in [0.2, 0.25) is 5.78 Å². The number of hydrogen-bond donors (Lipinski definition) is 0. The van der Waals surface area contributed by atoms with Crippen LogP contribution in [0.1, 0.15) is 17.7 Å². The normalized spacial score (nSPS) is 18.4. The summed E-state index contributed by atoms with van der Waals surface area (Å²) >= 11 is 0. The highest BCUT2D eigenvalue weighted by molar-refractivity contribution is 6.40. The number of rotatable bonds is 0. The molecule has 0 atom stereocenters. The van der Waals surface area contributed by atoms with E-state index in [-0.39, 0.29) is 5.78 Å². The molecule has 68 valence electrons. The molecule has 0 radical (unpaired) electrons. The average Bonchev–Trinajstić information content (AvgIpc) is 2.61. The Kier molecular flexibility index (Phi) is 1.39. The maximum absolute atomic E-state index is 11.4. The van der Waals surface area contributed by atoms with Crippen LogP contribution in [0.3, 0.4) is 0 Å². The van der Waals surface area contributed by atoms with E-state index in [0.717, 1.165) is 35.4 Å². The van der Waals surface area contributed by atoms with Gasteiger partial charge in [-0.15, -0.1) is 0 Å². The number of carbonyl (C=O) groups is 1. The Morgan fingerprint density at radius 2 is 2.21 bits per heavy atom. The number of hydrogen-bond acceptors (Lipinski definition) is 4. The fourth-order valence-electron chi connectivity index (χ4n) is 1.86. The lowest BCUT2D eigenvalue weighted by molar-refractivity contribution is -0.109. The van der Waals surface area contributed by atoms with Crippen molar-refractivity contribution in [1.82, 2.24) is 9.97 Å². The summed E-state index contributed by atoms with van der Waals surface area (Å²) < 4.78 is 0. The second kappa shape index (κ2) is 2.57. The molecule has 0 bridgehead atoms. The molecule has 0 saturated carbocycles. The number of Topliss-reactive ketones (excluding diaryl/α,β-unsaturated/α-hetero) is 1. The van der Waals surface area contributed by atoms with Crippen LogP contribution in [0.5, 0.6) is 0 Å². The van der Waals surface area contributed by atoms with Gasteiger partial charge in [-0.3, -0.25) is 9.79 Å². The Labute approximate surface area is 80.4 Å². The molecule has 1 aliphatic carbocycles. The van der Waals surface area contributed by atoms with Crippen LogP contribution in [0, 0.1) is 0 Å². The second-order valence-corrected chi connectivity index (χ2v) is 3.35. The molecular weight excluding hydrogens is 178 g/mol. The highest BCUT2D eigenvalue weighted by Crippen LogP contribution is 2.32. The zero-order valence-electron chi connectivity index (χ0n) is 7.40. The number of aromatic nitrogens is 2. The number of aryl methyl sites for hydroxylation is 1. The van der Waals surface area contributed by atoms with Gasteiger partial charge in [-0.2, -0.15) is 0 Å². The van der Waals surface area contributed by atoms with Crippen molar-refractivity contribution in [2.24, 2.45) is 4.99 Å². The van der Waals surface area contributed by atoms with Gasteiger partial charge >= 0.3 is 0 Å². The fourth-order valence-corrected chi connectivity index (χ4v) is 1.86. The van der Waals surface area contributed by atoms with E-state index in [4.69, 9.17) is 0 Å². The molecule has 14 heavy (non-hydrogen) atoms. The van der Waals surface area contributed by atoms with E-state index in [1.54, 1.807) is 6.20 Å². The summed E-state index contributed by atoms with van der Waals surface area (Å²) in [7, 11) is 0. The second-order valence-electron chi connectivity index (χ2n) is 3.35. The van der Waals surface area contributed by atoms with Crippen molar-refractivity contribution in [1.29, 1.82) is 0 Å². The van der Waals surface area contributed by atoms with Crippen molar-refractivity contribution >= 4 is 17.7 Å². The van der Waals surface area contributed by atoms with Crippen molar-refractivity contribution in [2.45, 2.75) is 12.8 Å². The van der Waals surface area contributed by atoms with Crippen LogP contribution in [0.25, 0.3) is 5.70 Å². The van der Waals surface area contributed by atoms with Crippen molar-refractivity contribution in [3.8, 4) is 0 Å². The minimum Gasteiger partial charge on any atom is -0.288 e. The fraction of sp³-hybridized carbons (Fsp3) is 0.200. The Hall–Kier alpha value is -1.84. The smallest absolute Gasteiger partial charge is 0.202 e. The van der Waals surface area contributed by atoms with E-state index in [9.17, 15) is 4.79 Å². The molecule has 1 aliphatic heterocycles. The number of carbonyl (C=O) groups excluding carboxylic acids is 1. The monoisotopic (exact) mass is 185 g/mol. The molecule has 3 rings (SSSR count). The minimum absolute atomic E-state index is 0.0317. The summed E-state index contributed by atoms with van der Waals surface area (Å²) in [5, 5.41) is 0. The Bertz CT molecular complexity index is 488. The summed E-state index contributed by atoms with van der Waals surface area (Å²) in [6, 6.07) is 0. The van der Waals surface area contributed by atoms with Gasteiger partial charge in [0.05, 0.1) is 17.6 Å². The van der Waals surface area contributed by atoms with Crippen LogP contribution in [0.2, 0.25) is 0 Å². The first-order valence-corrected chi connectivity index (χ1v) is 4.47. The molecule has 4 heteroatoms. The first-order valence-electron chi connectivity index (χ1n) is 4.47. The van der Waals surface area contributed by atoms with Gasteiger partial charge in [0, 0.05) is 11.8 Å². The van der Waals surface area contributed by atoms with Crippen LogP contribution < -0.4 is 0 Å². The predicted octanol–water partition coefficient (Wildman–Crippen LogP) is 0.787. The summed E-state index contributed by atoms with van der Waals surface area (Å²) in [5.74, 6) is 0.0317. The number of nitrogens with zero attached hydrogens (tertiary/aromatic N) is 3. The molecule has 0 unspecified atom stereocenters. The van der Waals surface area contributed by atoms with Crippen molar-refractivity contribution < 1.29 is 4.79 Å². The lowest BCUT2D eigenvalue weighted by Gasteiger charge is -2.13. The third kappa shape index (κ3) is 0.878. The molecule has 0 saturated heterocycles. The first-order chi connectivity index (χ1) is 6.86. The van der Waals surface area contributed by atoms with E-state index in [2.05, 4.69) is 15.0 Å². The minimum atomic E-state index is 0.0317. The summed E-state index contributed by atoms with van der Waals surface area (Å²) in [5.41, 5.74) is 3.45. The van der Waals surface area contributed by atoms with Crippen molar-refractivity contribution in [3.63, 3.8) is 0 Å². The molecule has 0 aromatic carbocycles. The van der Waals surface area contributed by atoms with Crippen molar-refractivity contribution in [3.05, 3.63) is 29.4 Å². The number of fused-ring (bicyclic) bond motifs is 2. The summed E-state index contributed by atoms with van der Waals surface area (Å²) in [4.78, 5) is 23.6. The van der Waals surface area contributed by atoms with Crippen LogP contribution >= 0.6 is 0 Å². The van der Waals surface area contributed by atoms with Gasteiger partial charge in [0.15, 0.2) is 0 Å². The summed E-state index contributed by atoms with van der Waals surface area (Å²) in [6.07, 6.45) is 6.26. The average molecular weight is 185 g/mol. The largest absolute Gasteiger partial charge is 0.288 e. The SMILES string of the molecule is O=C1C=NC2=C1CCc1cncnc12. The number of ketones is 1. The third-order valence-electron chi connectivity index (χ3n) is 2.55. The van der Waals surface area contributed by atoms with Gasteiger partial charge < -0.3 is 0 Å². The highest BCUT2D eigenvalue weighted by atomic mass is 16.1. The van der Waals surface area contributed by atoms with Gasteiger partial charge in [0.25, 0.3) is 0 Å². The van der Waals surface area contributed by atoms with E-state index in [1.165, 1.54) is 12.5 Å². The molecule has 1 aromatic heterocycles. The van der Waals surface area contributed by atoms with E-state index < -0.39 is 0 Å². The standard InChI is InChI=1S/C10H7N3O/c14-8-4-12-10-7(8)2-1-6-3-11-5-13-9(6)10/h3-5H,1-2H2. The molecule has 0 amide bonds.